The SMILES string of the molecule is CC(C)(C)NCc1cnc(-c2ccc(Cl)c(Br)c2)nc1. The Kier molecular flexibility index (Phi) is 4.78. The molecule has 1 aromatic heterocycles. The highest BCUT2D eigenvalue weighted by molar-refractivity contribution is 9.10. The minimum absolute atomic E-state index is 0.0831. The number of hydrogen-bond acceptors (Lipinski definition) is 3. The van der Waals surface area contributed by atoms with Crippen LogP contribution in [0, 0.1) is 0 Å². The zero-order valence-corrected chi connectivity index (χ0v) is 14.1. The average Bonchev–Trinajstić information content (AvgIpc) is 2.39. The van der Waals surface area contributed by atoms with E-state index in [1.807, 2.05) is 30.6 Å². The maximum Gasteiger partial charge on any atom is 0.159 e. The number of nitrogens with zero attached hydrogens (tertiary/aromatic N) is 2. The van der Waals surface area contributed by atoms with Gasteiger partial charge in [-0.05, 0) is 54.9 Å². The van der Waals surface area contributed by atoms with Gasteiger partial charge in [0.2, 0.25) is 0 Å². The summed E-state index contributed by atoms with van der Waals surface area (Å²) in [7, 11) is 0. The van der Waals surface area contributed by atoms with Crippen molar-refractivity contribution >= 4 is 27.5 Å². The second kappa shape index (κ2) is 6.20. The summed E-state index contributed by atoms with van der Waals surface area (Å²) >= 11 is 9.39. The summed E-state index contributed by atoms with van der Waals surface area (Å²) in [5.41, 5.74) is 2.09. The first-order valence-electron chi connectivity index (χ1n) is 6.36. The van der Waals surface area contributed by atoms with Crippen molar-refractivity contribution in [3.05, 3.63) is 45.7 Å². The molecule has 2 rings (SSSR count). The summed E-state index contributed by atoms with van der Waals surface area (Å²) in [6.07, 6.45) is 3.70. The molecule has 106 valence electrons. The molecule has 0 bridgehead atoms. The van der Waals surface area contributed by atoms with E-state index in [2.05, 4.69) is 52.0 Å². The molecule has 1 aromatic carbocycles. The van der Waals surface area contributed by atoms with Crippen LogP contribution in [0.2, 0.25) is 5.02 Å². The zero-order chi connectivity index (χ0) is 14.8. The number of rotatable bonds is 3. The molecular weight excluding hydrogens is 338 g/mol. The Morgan fingerprint density at radius 2 is 1.85 bits per heavy atom. The van der Waals surface area contributed by atoms with E-state index in [1.54, 1.807) is 0 Å². The van der Waals surface area contributed by atoms with Crippen molar-refractivity contribution in [2.75, 3.05) is 0 Å². The smallest absolute Gasteiger partial charge is 0.159 e. The zero-order valence-electron chi connectivity index (χ0n) is 11.7. The molecule has 0 aliphatic heterocycles. The van der Waals surface area contributed by atoms with Gasteiger partial charge in [0.25, 0.3) is 0 Å². The highest BCUT2D eigenvalue weighted by Gasteiger charge is 2.09. The lowest BCUT2D eigenvalue weighted by molar-refractivity contribution is 0.423. The molecular formula is C15H17BrClN3. The van der Waals surface area contributed by atoms with Crippen molar-refractivity contribution in [2.24, 2.45) is 0 Å². The number of nitrogens with one attached hydrogen (secondary N) is 1. The van der Waals surface area contributed by atoms with Crippen LogP contribution in [0.3, 0.4) is 0 Å². The molecule has 0 aliphatic rings. The predicted molar refractivity (Wildman–Crippen MR) is 86.8 cm³/mol. The number of benzene rings is 1. The molecule has 2 aromatic rings. The molecule has 0 radical (unpaired) electrons. The molecule has 0 saturated heterocycles. The first-order chi connectivity index (χ1) is 9.35. The molecule has 0 spiro atoms. The van der Waals surface area contributed by atoms with Gasteiger partial charge in [0.15, 0.2) is 5.82 Å². The highest BCUT2D eigenvalue weighted by Crippen LogP contribution is 2.27. The van der Waals surface area contributed by atoms with Gasteiger partial charge in [-0.1, -0.05) is 11.6 Å². The van der Waals surface area contributed by atoms with Crippen LogP contribution in [-0.4, -0.2) is 15.5 Å². The van der Waals surface area contributed by atoms with E-state index in [1.165, 1.54) is 0 Å². The van der Waals surface area contributed by atoms with E-state index in [0.29, 0.717) is 10.8 Å². The fourth-order valence-corrected chi connectivity index (χ4v) is 2.09. The van der Waals surface area contributed by atoms with Crippen molar-refractivity contribution in [3.8, 4) is 11.4 Å². The topological polar surface area (TPSA) is 37.8 Å². The lowest BCUT2D eigenvalue weighted by Crippen LogP contribution is -2.35. The fraction of sp³-hybridized carbons (Fsp3) is 0.333. The van der Waals surface area contributed by atoms with E-state index < -0.39 is 0 Å². The van der Waals surface area contributed by atoms with Crippen molar-refractivity contribution in [1.29, 1.82) is 0 Å². The molecule has 0 amide bonds. The van der Waals surface area contributed by atoms with Gasteiger partial charge in [-0.2, -0.15) is 0 Å². The van der Waals surface area contributed by atoms with Gasteiger partial charge in [-0.3, -0.25) is 0 Å². The molecule has 20 heavy (non-hydrogen) atoms. The molecule has 5 heteroatoms. The lowest BCUT2D eigenvalue weighted by atomic mass is 10.1. The summed E-state index contributed by atoms with van der Waals surface area (Å²) in [5, 5.41) is 4.09. The molecule has 1 heterocycles. The minimum Gasteiger partial charge on any atom is -0.308 e. The molecule has 1 N–H and O–H groups in total. The molecule has 0 aliphatic carbocycles. The van der Waals surface area contributed by atoms with Crippen LogP contribution in [0.25, 0.3) is 11.4 Å². The third kappa shape index (κ3) is 4.27. The van der Waals surface area contributed by atoms with Crippen LogP contribution in [0.4, 0.5) is 0 Å². The van der Waals surface area contributed by atoms with E-state index >= 15 is 0 Å². The number of halogens is 2. The van der Waals surface area contributed by atoms with Gasteiger partial charge in [0.05, 0.1) is 5.02 Å². The van der Waals surface area contributed by atoms with Crippen molar-refractivity contribution in [1.82, 2.24) is 15.3 Å². The van der Waals surface area contributed by atoms with Crippen molar-refractivity contribution < 1.29 is 0 Å². The highest BCUT2D eigenvalue weighted by atomic mass is 79.9. The van der Waals surface area contributed by atoms with E-state index in [0.717, 1.165) is 22.1 Å². The number of aromatic nitrogens is 2. The van der Waals surface area contributed by atoms with Gasteiger partial charge in [-0.25, -0.2) is 9.97 Å². The first-order valence-corrected chi connectivity index (χ1v) is 7.54. The maximum absolute atomic E-state index is 5.98. The third-order valence-corrected chi connectivity index (χ3v) is 3.92. The van der Waals surface area contributed by atoms with Gasteiger partial charge in [0.1, 0.15) is 0 Å². The standard InChI is InChI=1S/C15H17BrClN3/c1-15(2,3)20-9-10-7-18-14(19-8-10)11-4-5-13(17)12(16)6-11/h4-8,20H,9H2,1-3H3. The van der Waals surface area contributed by atoms with Crippen LogP contribution in [-0.2, 0) is 6.54 Å². The minimum atomic E-state index is 0.0831. The monoisotopic (exact) mass is 353 g/mol. The summed E-state index contributed by atoms with van der Waals surface area (Å²) in [6, 6.07) is 5.67. The number of hydrogen-bond donors (Lipinski definition) is 1. The normalized spacial score (nSPS) is 11.7. The quantitative estimate of drug-likeness (QED) is 0.885. The van der Waals surface area contributed by atoms with Crippen LogP contribution < -0.4 is 5.32 Å². The first kappa shape index (κ1) is 15.4. The van der Waals surface area contributed by atoms with Crippen molar-refractivity contribution in [3.63, 3.8) is 0 Å². The molecule has 0 atom stereocenters. The second-order valence-electron chi connectivity index (χ2n) is 5.65. The Labute approximate surface area is 132 Å². The van der Waals surface area contributed by atoms with Crippen LogP contribution in [0.15, 0.2) is 35.1 Å². The summed E-state index contributed by atoms with van der Waals surface area (Å²) in [4.78, 5) is 8.81. The summed E-state index contributed by atoms with van der Waals surface area (Å²) < 4.78 is 0.846. The molecule has 0 unspecified atom stereocenters. The van der Waals surface area contributed by atoms with E-state index in [9.17, 15) is 0 Å². The predicted octanol–water partition coefficient (Wildman–Crippen LogP) is 4.45. The average molecular weight is 355 g/mol. The Morgan fingerprint density at radius 3 is 2.40 bits per heavy atom. The lowest BCUT2D eigenvalue weighted by Gasteiger charge is -2.20. The Morgan fingerprint density at radius 1 is 1.20 bits per heavy atom. The third-order valence-electron chi connectivity index (χ3n) is 2.71. The molecule has 0 fully saturated rings. The molecule has 3 nitrogen and oxygen atoms in total. The van der Waals surface area contributed by atoms with Gasteiger partial charge in [-0.15, -0.1) is 0 Å². The van der Waals surface area contributed by atoms with Crippen molar-refractivity contribution in [2.45, 2.75) is 32.9 Å². The second-order valence-corrected chi connectivity index (χ2v) is 6.91. The maximum atomic E-state index is 5.98. The fourth-order valence-electron chi connectivity index (χ4n) is 1.60. The Bertz CT molecular complexity index is 591. The molecule has 0 saturated carbocycles. The van der Waals surface area contributed by atoms with Gasteiger partial charge >= 0.3 is 0 Å². The van der Waals surface area contributed by atoms with E-state index in [-0.39, 0.29) is 5.54 Å². The Hall–Kier alpha value is -0.970. The Balaban J connectivity index is 2.13. The summed E-state index contributed by atoms with van der Waals surface area (Å²) in [5.74, 6) is 0.696. The largest absolute Gasteiger partial charge is 0.308 e. The van der Waals surface area contributed by atoms with E-state index in [4.69, 9.17) is 11.6 Å². The van der Waals surface area contributed by atoms with Gasteiger partial charge in [0, 0.05) is 40.1 Å². The van der Waals surface area contributed by atoms with Crippen LogP contribution in [0.5, 0.6) is 0 Å². The van der Waals surface area contributed by atoms with Crippen LogP contribution >= 0.6 is 27.5 Å². The van der Waals surface area contributed by atoms with Crippen LogP contribution in [0.1, 0.15) is 26.3 Å². The summed E-state index contributed by atoms with van der Waals surface area (Å²) in [6.45, 7) is 7.16. The van der Waals surface area contributed by atoms with Gasteiger partial charge < -0.3 is 5.32 Å².